The van der Waals surface area contributed by atoms with E-state index in [4.69, 9.17) is 69.6 Å². The predicted octanol–water partition coefficient (Wildman–Crippen LogP) is 2.15. The number of halogens is 6. The second kappa shape index (κ2) is 6.58. The minimum atomic E-state index is -2.38. The molecule has 0 atom stereocenters. The van der Waals surface area contributed by atoms with Gasteiger partial charge in [0.2, 0.25) is 0 Å². The number of carbonyl (C=O) groups excluding carboxylic acids is 2. The second-order valence-corrected chi connectivity index (χ2v) is 6.23. The van der Waals surface area contributed by atoms with Crippen LogP contribution in [0.25, 0.3) is 0 Å². The summed E-state index contributed by atoms with van der Waals surface area (Å²) in [7, 11) is 0. The summed E-state index contributed by atoms with van der Waals surface area (Å²) in [6.07, 6.45) is 0. The van der Waals surface area contributed by atoms with Gasteiger partial charge in [0.05, 0.1) is 0 Å². The van der Waals surface area contributed by atoms with Gasteiger partial charge in [-0.25, -0.2) is 9.59 Å². The van der Waals surface area contributed by atoms with Crippen LogP contribution in [0.3, 0.4) is 0 Å². The predicted molar refractivity (Wildman–Crippen MR) is 58.8 cm³/mol. The maximum absolute atomic E-state index is 10.7. The SMILES string of the molecule is O=C(OC(=O)C(Cl)(Cl)Cl)C(Cl)(Cl)Cl.[NaH]. The Bertz CT molecular complexity index is 206. The molecule has 0 aromatic carbocycles. The molecular weight excluding hydrogens is 332 g/mol. The molecular formula is C4HCl6NaO3. The molecule has 0 unspecified atom stereocenters. The number of hydrogen-bond donors (Lipinski definition) is 0. The summed E-state index contributed by atoms with van der Waals surface area (Å²) in [6.45, 7) is 0. The van der Waals surface area contributed by atoms with Gasteiger partial charge in [-0.1, -0.05) is 69.6 Å². The van der Waals surface area contributed by atoms with Gasteiger partial charge >= 0.3 is 41.5 Å². The molecule has 0 spiro atoms. The molecule has 0 aromatic rings. The summed E-state index contributed by atoms with van der Waals surface area (Å²) in [5, 5.41) is 0. The van der Waals surface area contributed by atoms with Crippen molar-refractivity contribution in [2.24, 2.45) is 0 Å². The first kappa shape index (κ1) is 18.3. The van der Waals surface area contributed by atoms with Gasteiger partial charge in [-0.15, -0.1) is 0 Å². The average Bonchev–Trinajstić information content (AvgIpc) is 1.82. The van der Waals surface area contributed by atoms with Gasteiger partial charge in [-0.3, -0.25) is 0 Å². The molecule has 0 heterocycles. The minimum absolute atomic E-state index is 0. The summed E-state index contributed by atoms with van der Waals surface area (Å²) in [4.78, 5) is 21.4. The number of esters is 2. The zero-order chi connectivity index (χ0) is 10.9. The molecule has 0 amide bonds. The molecule has 0 aliphatic heterocycles. The Kier molecular flexibility index (Phi) is 8.57. The first-order valence-electron chi connectivity index (χ1n) is 2.45. The van der Waals surface area contributed by atoms with Crippen LogP contribution < -0.4 is 0 Å². The molecule has 0 aromatic heterocycles. The Morgan fingerprint density at radius 2 is 1.00 bits per heavy atom. The summed E-state index contributed by atoms with van der Waals surface area (Å²) in [6, 6.07) is 0. The van der Waals surface area contributed by atoms with Crippen molar-refractivity contribution in [1.82, 2.24) is 0 Å². The van der Waals surface area contributed by atoms with Gasteiger partial charge in [-0.05, 0) is 0 Å². The normalized spacial score (nSPS) is 11.6. The van der Waals surface area contributed by atoms with Gasteiger partial charge in [-0.2, -0.15) is 0 Å². The van der Waals surface area contributed by atoms with Crippen molar-refractivity contribution in [3.8, 4) is 0 Å². The molecule has 0 radical (unpaired) electrons. The maximum atomic E-state index is 10.7. The first-order valence-corrected chi connectivity index (χ1v) is 4.72. The molecule has 3 nitrogen and oxygen atoms in total. The van der Waals surface area contributed by atoms with E-state index >= 15 is 0 Å². The third kappa shape index (κ3) is 7.20. The fraction of sp³-hybridized carbons (Fsp3) is 0.500. The van der Waals surface area contributed by atoms with E-state index in [2.05, 4.69) is 4.74 Å². The van der Waals surface area contributed by atoms with Gasteiger partial charge in [0.1, 0.15) is 0 Å². The molecule has 14 heavy (non-hydrogen) atoms. The van der Waals surface area contributed by atoms with E-state index in [0.717, 1.165) is 0 Å². The summed E-state index contributed by atoms with van der Waals surface area (Å²) in [5.74, 6) is -2.87. The Hall–Kier alpha value is 1.88. The molecule has 0 aliphatic carbocycles. The van der Waals surface area contributed by atoms with Crippen LogP contribution in [0.2, 0.25) is 0 Å². The zero-order valence-corrected chi connectivity index (χ0v) is 10.0. The van der Waals surface area contributed by atoms with Crippen molar-refractivity contribution in [3.05, 3.63) is 0 Å². The molecule has 0 N–H and O–H groups in total. The van der Waals surface area contributed by atoms with E-state index in [9.17, 15) is 9.59 Å². The third-order valence-electron chi connectivity index (χ3n) is 0.648. The fourth-order valence-corrected chi connectivity index (χ4v) is 0.431. The van der Waals surface area contributed by atoms with Crippen molar-refractivity contribution in [1.29, 1.82) is 0 Å². The number of alkyl halides is 6. The standard InChI is InChI=1S/C4Cl6O3.Na.H/c5-3(6,7)1(11)13-2(12)4(8,9)10;;. The molecule has 0 aliphatic rings. The number of ether oxygens (including phenoxy) is 1. The molecule has 0 bridgehead atoms. The van der Waals surface area contributed by atoms with Crippen LogP contribution in [0, 0.1) is 0 Å². The van der Waals surface area contributed by atoms with Crippen molar-refractivity contribution in [3.63, 3.8) is 0 Å². The van der Waals surface area contributed by atoms with E-state index < -0.39 is 19.5 Å². The molecule has 78 valence electrons. The van der Waals surface area contributed by atoms with E-state index in [1.54, 1.807) is 0 Å². The fourth-order valence-electron chi connectivity index (χ4n) is 0.200. The van der Waals surface area contributed by atoms with Crippen LogP contribution in [0.5, 0.6) is 0 Å². The average molecular weight is 333 g/mol. The van der Waals surface area contributed by atoms with E-state index in [-0.39, 0.29) is 29.6 Å². The van der Waals surface area contributed by atoms with Crippen LogP contribution in [-0.2, 0) is 14.3 Å². The Morgan fingerprint density at radius 1 is 0.786 bits per heavy atom. The second-order valence-electron chi connectivity index (χ2n) is 1.67. The Morgan fingerprint density at radius 3 is 1.14 bits per heavy atom. The first-order chi connectivity index (χ1) is 5.55. The molecule has 10 heteroatoms. The van der Waals surface area contributed by atoms with Crippen LogP contribution in [0.4, 0.5) is 0 Å². The van der Waals surface area contributed by atoms with Gasteiger partial charge < -0.3 is 4.74 Å². The Balaban J connectivity index is 0. The number of hydrogen-bond acceptors (Lipinski definition) is 3. The van der Waals surface area contributed by atoms with Crippen molar-refractivity contribution >= 4 is 111 Å². The van der Waals surface area contributed by atoms with Crippen LogP contribution in [-0.4, -0.2) is 49.1 Å². The van der Waals surface area contributed by atoms with Gasteiger partial charge in [0, 0.05) is 0 Å². The molecule has 0 rings (SSSR count). The van der Waals surface area contributed by atoms with Crippen molar-refractivity contribution in [2.45, 2.75) is 7.59 Å². The zero-order valence-electron chi connectivity index (χ0n) is 5.49. The van der Waals surface area contributed by atoms with E-state index in [0.29, 0.717) is 0 Å². The quantitative estimate of drug-likeness (QED) is 0.295. The monoisotopic (exact) mass is 330 g/mol. The summed E-state index contributed by atoms with van der Waals surface area (Å²) >= 11 is 30.3. The van der Waals surface area contributed by atoms with Crippen LogP contribution >= 0.6 is 69.6 Å². The van der Waals surface area contributed by atoms with Crippen LogP contribution in [0.1, 0.15) is 0 Å². The topological polar surface area (TPSA) is 43.4 Å². The van der Waals surface area contributed by atoms with Gasteiger partial charge in [0.25, 0.3) is 7.59 Å². The number of rotatable bonds is 0. The van der Waals surface area contributed by atoms with Crippen molar-refractivity contribution in [2.75, 3.05) is 0 Å². The molecule has 0 saturated carbocycles. The van der Waals surface area contributed by atoms with Crippen molar-refractivity contribution < 1.29 is 14.3 Å². The van der Waals surface area contributed by atoms with Crippen LogP contribution in [0.15, 0.2) is 0 Å². The van der Waals surface area contributed by atoms with E-state index in [1.807, 2.05) is 0 Å². The summed E-state index contributed by atoms with van der Waals surface area (Å²) in [5.41, 5.74) is 0. The summed E-state index contributed by atoms with van der Waals surface area (Å²) < 4.78 is -0.857. The molecule has 0 fully saturated rings. The van der Waals surface area contributed by atoms with Gasteiger partial charge in [0.15, 0.2) is 0 Å². The van der Waals surface area contributed by atoms with E-state index in [1.165, 1.54) is 0 Å². The third-order valence-corrected chi connectivity index (χ3v) is 1.57. The Labute approximate surface area is 132 Å². The number of carbonyl (C=O) groups is 2. The molecule has 0 saturated heterocycles.